The number of hydrogen-bond acceptors (Lipinski definition) is 7. The number of aromatic nitrogens is 3. The summed E-state index contributed by atoms with van der Waals surface area (Å²) in [5.41, 5.74) is 0.830. The Bertz CT molecular complexity index is 872. The summed E-state index contributed by atoms with van der Waals surface area (Å²) < 4.78 is 32.6. The van der Waals surface area contributed by atoms with Gasteiger partial charge in [0.1, 0.15) is 16.5 Å². The zero-order chi connectivity index (χ0) is 17.3. The molecule has 0 N–H and O–H groups in total. The highest BCUT2D eigenvalue weighted by Crippen LogP contribution is 2.23. The molecule has 24 heavy (non-hydrogen) atoms. The van der Waals surface area contributed by atoms with Crippen LogP contribution in [0.25, 0.3) is 0 Å². The summed E-state index contributed by atoms with van der Waals surface area (Å²) in [5, 5.41) is 7.66. The number of piperazine rings is 1. The van der Waals surface area contributed by atoms with Crippen LogP contribution in [0.4, 0.5) is 5.69 Å². The van der Waals surface area contributed by atoms with Crippen molar-refractivity contribution in [3.05, 3.63) is 39.0 Å². The summed E-state index contributed by atoms with van der Waals surface area (Å²) >= 11 is 3.30. The van der Waals surface area contributed by atoms with Crippen molar-refractivity contribution >= 4 is 31.6 Å². The quantitative estimate of drug-likeness (QED) is 0.698. The zero-order valence-corrected chi connectivity index (χ0v) is 15.3. The first kappa shape index (κ1) is 17.1. The molecule has 3 rings (SSSR count). The predicted octanol–water partition coefficient (Wildman–Crippen LogP) is 0.183. The van der Waals surface area contributed by atoms with Crippen LogP contribution in [-0.4, -0.2) is 53.8 Å². The third-order valence-corrected chi connectivity index (χ3v) is 6.41. The van der Waals surface area contributed by atoms with Gasteiger partial charge in [0.05, 0.1) is 17.6 Å². The standard InChI is InChI=1S/C13H16BrN5O4S/c1-17-13(20)12(14)11(8-15-17)18-3-5-19(6-4-18)24(21,22)9-10-2-7-23-16-10/h2,7-8H,3-6,9H2,1H3. The molecule has 1 aliphatic rings. The van der Waals surface area contributed by atoms with Crippen molar-refractivity contribution in [3.63, 3.8) is 0 Å². The molecular weight excluding hydrogens is 402 g/mol. The fourth-order valence-corrected chi connectivity index (χ4v) is 4.55. The SMILES string of the molecule is Cn1ncc(N2CCN(S(=O)(=O)Cc3ccon3)CC2)c(Br)c1=O. The van der Waals surface area contributed by atoms with Crippen LogP contribution in [0.3, 0.4) is 0 Å². The van der Waals surface area contributed by atoms with Crippen LogP contribution in [0.5, 0.6) is 0 Å². The lowest BCUT2D eigenvalue weighted by Crippen LogP contribution is -2.49. The van der Waals surface area contributed by atoms with Crippen molar-refractivity contribution in [2.24, 2.45) is 7.05 Å². The number of rotatable bonds is 4. The highest BCUT2D eigenvalue weighted by Gasteiger charge is 2.29. The lowest BCUT2D eigenvalue weighted by Gasteiger charge is -2.35. The van der Waals surface area contributed by atoms with E-state index in [1.165, 1.54) is 21.3 Å². The predicted molar refractivity (Wildman–Crippen MR) is 90.1 cm³/mol. The van der Waals surface area contributed by atoms with Gasteiger partial charge in [0.15, 0.2) is 0 Å². The van der Waals surface area contributed by atoms with E-state index in [9.17, 15) is 13.2 Å². The van der Waals surface area contributed by atoms with Gasteiger partial charge in [-0.1, -0.05) is 5.16 Å². The van der Waals surface area contributed by atoms with Crippen LogP contribution in [0.15, 0.2) is 32.3 Å². The molecule has 0 saturated carbocycles. The van der Waals surface area contributed by atoms with Crippen LogP contribution in [-0.2, 0) is 22.8 Å². The number of anilines is 1. The maximum Gasteiger partial charge on any atom is 0.282 e. The molecule has 0 radical (unpaired) electrons. The van der Waals surface area contributed by atoms with Crippen LogP contribution in [0.2, 0.25) is 0 Å². The van der Waals surface area contributed by atoms with Gasteiger partial charge in [-0.2, -0.15) is 9.40 Å². The molecule has 0 aliphatic carbocycles. The van der Waals surface area contributed by atoms with Crippen molar-refractivity contribution < 1.29 is 12.9 Å². The second-order valence-electron chi connectivity index (χ2n) is 5.41. The van der Waals surface area contributed by atoms with E-state index in [0.29, 0.717) is 42.0 Å². The minimum atomic E-state index is -3.45. The zero-order valence-electron chi connectivity index (χ0n) is 12.9. The minimum absolute atomic E-state index is 0.180. The first-order valence-electron chi connectivity index (χ1n) is 7.22. The van der Waals surface area contributed by atoms with Crippen LogP contribution >= 0.6 is 15.9 Å². The van der Waals surface area contributed by atoms with E-state index >= 15 is 0 Å². The Morgan fingerprint density at radius 2 is 2.00 bits per heavy atom. The van der Waals surface area contributed by atoms with Gasteiger partial charge in [-0.05, 0) is 15.9 Å². The van der Waals surface area contributed by atoms with Gasteiger partial charge in [0.2, 0.25) is 10.0 Å². The lowest BCUT2D eigenvalue weighted by molar-refractivity contribution is 0.381. The second kappa shape index (κ2) is 6.65. The first-order valence-corrected chi connectivity index (χ1v) is 9.62. The summed E-state index contributed by atoms with van der Waals surface area (Å²) in [6.45, 7) is 1.63. The average Bonchev–Trinajstić information content (AvgIpc) is 3.05. The molecule has 0 bridgehead atoms. The number of halogens is 1. The second-order valence-corrected chi connectivity index (χ2v) is 8.17. The van der Waals surface area contributed by atoms with E-state index in [2.05, 4.69) is 30.7 Å². The minimum Gasteiger partial charge on any atom is -0.367 e. The van der Waals surface area contributed by atoms with E-state index in [4.69, 9.17) is 0 Å². The number of hydrogen-bond donors (Lipinski definition) is 0. The molecule has 2 aromatic heterocycles. The molecule has 0 aromatic carbocycles. The van der Waals surface area contributed by atoms with Gasteiger partial charge >= 0.3 is 0 Å². The van der Waals surface area contributed by atoms with Crippen LogP contribution in [0.1, 0.15) is 5.69 Å². The van der Waals surface area contributed by atoms with E-state index in [1.807, 2.05) is 4.90 Å². The molecule has 9 nitrogen and oxygen atoms in total. The van der Waals surface area contributed by atoms with Gasteiger partial charge < -0.3 is 9.42 Å². The topological polar surface area (TPSA) is 102 Å². The maximum absolute atomic E-state index is 12.4. The molecule has 1 fully saturated rings. The van der Waals surface area contributed by atoms with Crippen molar-refractivity contribution in [3.8, 4) is 0 Å². The van der Waals surface area contributed by atoms with E-state index < -0.39 is 10.0 Å². The fourth-order valence-electron chi connectivity index (χ4n) is 2.52. The molecule has 0 unspecified atom stereocenters. The molecule has 0 atom stereocenters. The molecule has 130 valence electrons. The maximum atomic E-state index is 12.4. The number of sulfonamides is 1. The first-order chi connectivity index (χ1) is 11.4. The Hall–Kier alpha value is -1.72. The lowest BCUT2D eigenvalue weighted by atomic mass is 10.3. The Morgan fingerprint density at radius 1 is 1.29 bits per heavy atom. The van der Waals surface area contributed by atoms with Crippen LogP contribution in [0, 0.1) is 0 Å². The monoisotopic (exact) mass is 417 g/mol. The smallest absolute Gasteiger partial charge is 0.282 e. The third-order valence-electron chi connectivity index (χ3n) is 3.85. The largest absolute Gasteiger partial charge is 0.367 e. The normalized spacial score (nSPS) is 16.5. The highest BCUT2D eigenvalue weighted by molar-refractivity contribution is 9.10. The van der Waals surface area contributed by atoms with Gasteiger partial charge in [-0.3, -0.25) is 4.79 Å². The summed E-state index contributed by atoms with van der Waals surface area (Å²) in [7, 11) is -1.87. The molecule has 3 heterocycles. The summed E-state index contributed by atoms with van der Waals surface area (Å²) in [5.74, 6) is -0.180. The molecule has 2 aromatic rings. The van der Waals surface area contributed by atoms with E-state index in [1.54, 1.807) is 13.2 Å². The van der Waals surface area contributed by atoms with Crippen LogP contribution < -0.4 is 10.5 Å². The summed E-state index contributed by atoms with van der Waals surface area (Å²) in [6, 6.07) is 1.54. The summed E-state index contributed by atoms with van der Waals surface area (Å²) in [6.07, 6.45) is 2.95. The number of aryl methyl sites for hydroxylation is 1. The van der Waals surface area contributed by atoms with Crippen molar-refractivity contribution in [2.75, 3.05) is 31.1 Å². The fraction of sp³-hybridized carbons (Fsp3) is 0.462. The van der Waals surface area contributed by atoms with Crippen molar-refractivity contribution in [1.29, 1.82) is 0 Å². The Kier molecular flexibility index (Phi) is 4.74. The molecule has 0 amide bonds. The third kappa shape index (κ3) is 3.37. The Morgan fingerprint density at radius 3 is 2.62 bits per heavy atom. The van der Waals surface area contributed by atoms with E-state index in [0.717, 1.165) is 0 Å². The average molecular weight is 418 g/mol. The molecule has 1 aliphatic heterocycles. The number of nitrogens with zero attached hydrogens (tertiary/aromatic N) is 5. The highest BCUT2D eigenvalue weighted by atomic mass is 79.9. The molecule has 0 spiro atoms. The van der Waals surface area contributed by atoms with Gasteiger partial charge in [0, 0.05) is 39.3 Å². The van der Waals surface area contributed by atoms with E-state index in [-0.39, 0.29) is 11.3 Å². The van der Waals surface area contributed by atoms with Gasteiger partial charge in [-0.15, -0.1) is 0 Å². The van der Waals surface area contributed by atoms with Gasteiger partial charge in [-0.25, -0.2) is 13.1 Å². The molecule has 11 heteroatoms. The summed E-state index contributed by atoms with van der Waals surface area (Å²) in [4.78, 5) is 13.9. The molecular formula is C13H16BrN5O4S. The van der Waals surface area contributed by atoms with Crippen molar-refractivity contribution in [2.45, 2.75) is 5.75 Å². The molecule has 1 saturated heterocycles. The Labute approximate surface area is 147 Å². The Balaban J connectivity index is 1.70. The van der Waals surface area contributed by atoms with Crippen molar-refractivity contribution in [1.82, 2.24) is 19.2 Å². The van der Waals surface area contributed by atoms with Gasteiger partial charge in [0.25, 0.3) is 5.56 Å².